The Labute approximate surface area is 159 Å². The van der Waals surface area contributed by atoms with E-state index in [4.69, 9.17) is 11.6 Å². The van der Waals surface area contributed by atoms with Crippen molar-refractivity contribution in [2.45, 2.75) is 25.8 Å². The zero-order valence-corrected chi connectivity index (χ0v) is 15.3. The van der Waals surface area contributed by atoms with Crippen molar-refractivity contribution in [1.29, 1.82) is 0 Å². The Morgan fingerprint density at radius 2 is 1.93 bits per heavy atom. The Kier molecular flexibility index (Phi) is 5.41. The van der Waals surface area contributed by atoms with Crippen molar-refractivity contribution in [3.63, 3.8) is 0 Å². The van der Waals surface area contributed by atoms with Crippen molar-refractivity contribution < 1.29 is 9.72 Å². The number of nitro benzene ring substituents is 1. The molecule has 0 saturated carbocycles. The highest BCUT2D eigenvalue weighted by molar-refractivity contribution is 6.33. The number of carbonyl (C=O) groups is 1. The van der Waals surface area contributed by atoms with Gasteiger partial charge in [0.15, 0.2) is 0 Å². The third kappa shape index (κ3) is 4.08. The van der Waals surface area contributed by atoms with Gasteiger partial charge in [0.25, 0.3) is 11.2 Å². The number of nitrogens with zero attached hydrogens (tertiary/aromatic N) is 4. The minimum absolute atomic E-state index is 0.0429. The van der Waals surface area contributed by atoms with E-state index in [1.165, 1.54) is 37.4 Å². The standard InChI is InChI=1S/C17H18ClN5O4/c1-11(24)20-12-6-8-21(9-7-12)15-10-19-22(17(25)16(15)18)13-2-4-14(5-3-13)23(26)27/h2-5,10,12H,6-9H2,1H3,(H,20,24). The largest absolute Gasteiger partial charge is 0.369 e. The number of nitro groups is 1. The lowest BCUT2D eigenvalue weighted by Gasteiger charge is -2.33. The quantitative estimate of drug-likeness (QED) is 0.629. The van der Waals surface area contributed by atoms with Crippen LogP contribution < -0.4 is 15.8 Å². The molecule has 1 fully saturated rings. The van der Waals surface area contributed by atoms with Crippen molar-refractivity contribution in [3.8, 4) is 5.69 Å². The Morgan fingerprint density at radius 3 is 2.48 bits per heavy atom. The molecule has 9 nitrogen and oxygen atoms in total. The van der Waals surface area contributed by atoms with Crippen LogP contribution in [0.1, 0.15) is 19.8 Å². The predicted molar refractivity (Wildman–Crippen MR) is 101 cm³/mol. The molecule has 1 saturated heterocycles. The first-order valence-corrected chi connectivity index (χ1v) is 8.79. The van der Waals surface area contributed by atoms with Crippen LogP contribution in [0.2, 0.25) is 5.02 Å². The average Bonchev–Trinajstić information content (AvgIpc) is 2.64. The highest BCUT2D eigenvalue weighted by Crippen LogP contribution is 2.25. The summed E-state index contributed by atoms with van der Waals surface area (Å²) < 4.78 is 1.11. The van der Waals surface area contributed by atoms with Crippen LogP contribution in [0.5, 0.6) is 0 Å². The monoisotopic (exact) mass is 391 g/mol. The van der Waals surface area contributed by atoms with E-state index in [1.807, 2.05) is 4.90 Å². The van der Waals surface area contributed by atoms with Crippen LogP contribution in [-0.4, -0.2) is 39.7 Å². The van der Waals surface area contributed by atoms with Gasteiger partial charge in [-0.15, -0.1) is 0 Å². The van der Waals surface area contributed by atoms with Crippen LogP contribution in [0.15, 0.2) is 35.3 Å². The van der Waals surface area contributed by atoms with Gasteiger partial charge in [0.1, 0.15) is 5.02 Å². The molecule has 1 N–H and O–H groups in total. The third-order valence-corrected chi connectivity index (χ3v) is 4.80. The number of hydrogen-bond donors (Lipinski definition) is 1. The molecule has 27 heavy (non-hydrogen) atoms. The number of hydrogen-bond acceptors (Lipinski definition) is 6. The fourth-order valence-corrected chi connectivity index (χ4v) is 3.34. The molecule has 142 valence electrons. The van der Waals surface area contributed by atoms with E-state index >= 15 is 0 Å². The molecule has 1 aromatic carbocycles. The summed E-state index contributed by atoms with van der Waals surface area (Å²) in [6.07, 6.45) is 3.02. The third-order valence-electron chi connectivity index (χ3n) is 4.45. The van der Waals surface area contributed by atoms with Crippen molar-refractivity contribution in [3.05, 3.63) is 56.0 Å². The van der Waals surface area contributed by atoms with Gasteiger partial charge in [-0.1, -0.05) is 11.6 Å². The van der Waals surface area contributed by atoms with Crippen LogP contribution in [0.25, 0.3) is 5.69 Å². The number of carbonyl (C=O) groups excluding carboxylic acids is 1. The molecule has 3 rings (SSSR count). The predicted octanol–water partition coefficient (Wildman–Crippen LogP) is 1.90. The molecule has 1 amide bonds. The number of anilines is 1. The number of piperidine rings is 1. The lowest BCUT2D eigenvalue weighted by molar-refractivity contribution is -0.384. The summed E-state index contributed by atoms with van der Waals surface area (Å²) in [7, 11) is 0. The molecule has 1 aromatic heterocycles. The zero-order chi connectivity index (χ0) is 19.6. The summed E-state index contributed by atoms with van der Waals surface area (Å²) in [6.45, 7) is 2.78. The highest BCUT2D eigenvalue weighted by Gasteiger charge is 2.23. The smallest absolute Gasteiger partial charge is 0.292 e. The molecule has 1 aliphatic rings. The van der Waals surface area contributed by atoms with Gasteiger partial charge in [-0.2, -0.15) is 9.78 Å². The number of non-ortho nitro benzene ring substituents is 1. The first-order chi connectivity index (χ1) is 12.9. The van der Waals surface area contributed by atoms with Crippen LogP contribution in [0.4, 0.5) is 11.4 Å². The fraction of sp³-hybridized carbons (Fsp3) is 0.353. The minimum Gasteiger partial charge on any atom is -0.369 e. The van der Waals surface area contributed by atoms with Crippen LogP contribution >= 0.6 is 11.6 Å². The first-order valence-electron chi connectivity index (χ1n) is 8.41. The van der Waals surface area contributed by atoms with E-state index in [0.29, 0.717) is 24.5 Å². The highest BCUT2D eigenvalue weighted by atomic mass is 35.5. The second kappa shape index (κ2) is 7.75. The van der Waals surface area contributed by atoms with Crippen LogP contribution in [0.3, 0.4) is 0 Å². The van der Waals surface area contributed by atoms with E-state index in [2.05, 4.69) is 10.4 Å². The van der Waals surface area contributed by atoms with E-state index in [-0.39, 0.29) is 22.7 Å². The SMILES string of the molecule is CC(=O)NC1CCN(c2cnn(-c3ccc([N+](=O)[O-])cc3)c(=O)c2Cl)CC1. The van der Waals surface area contributed by atoms with E-state index in [9.17, 15) is 19.7 Å². The summed E-state index contributed by atoms with van der Waals surface area (Å²) in [6, 6.07) is 5.62. The Hall–Kier alpha value is -2.94. The Balaban J connectivity index is 1.80. The van der Waals surface area contributed by atoms with Gasteiger partial charge in [0, 0.05) is 38.2 Å². The number of nitrogens with one attached hydrogen (secondary N) is 1. The fourth-order valence-electron chi connectivity index (χ4n) is 3.10. The molecule has 0 bridgehead atoms. The van der Waals surface area contributed by atoms with Gasteiger partial charge < -0.3 is 10.2 Å². The first kappa shape index (κ1) is 18.8. The molecule has 0 radical (unpaired) electrons. The van der Waals surface area contributed by atoms with Gasteiger partial charge in [-0.3, -0.25) is 19.7 Å². The second-order valence-corrected chi connectivity index (χ2v) is 6.67. The lowest BCUT2D eigenvalue weighted by Crippen LogP contribution is -2.44. The van der Waals surface area contributed by atoms with Gasteiger partial charge in [-0.25, -0.2) is 0 Å². The molecule has 2 aromatic rings. The topological polar surface area (TPSA) is 110 Å². The Morgan fingerprint density at radius 1 is 1.30 bits per heavy atom. The van der Waals surface area contributed by atoms with E-state index in [0.717, 1.165) is 17.5 Å². The van der Waals surface area contributed by atoms with Gasteiger partial charge in [-0.05, 0) is 25.0 Å². The maximum Gasteiger partial charge on any atom is 0.292 e. The number of rotatable bonds is 4. The van der Waals surface area contributed by atoms with Crippen LogP contribution in [-0.2, 0) is 4.79 Å². The molecular formula is C17H18ClN5O4. The molecule has 10 heteroatoms. The number of halogens is 1. The van der Waals surface area contributed by atoms with Crippen LogP contribution in [0, 0.1) is 10.1 Å². The van der Waals surface area contributed by atoms with Crippen molar-refractivity contribution in [2.24, 2.45) is 0 Å². The molecular weight excluding hydrogens is 374 g/mol. The summed E-state index contributed by atoms with van der Waals surface area (Å²) in [5.74, 6) is -0.0566. The van der Waals surface area contributed by atoms with Gasteiger partial charge in [0.05, 0.1) is 22.5 Å². The summed E-state index contributed by atoms with van der Waals surface area (Å²) >= 11 is 6.29. The van der Waals surface area contributed by atoms with E-state index in [1.54, 1.807) is 0 Å². The molecule has 0 unspecified atom stereocenters. The number of benzene rings is 1. The number of aromatic nitrogens is 2. The lowest BCUT2D eigenvalue weighted by atomic mass is 10.0. The summed E-state index contributed by atoms with van der Waals surface area (Å²) in [4.78, 5) is 36.0. The zero-order valence-electron chi connectivity index (χ0n) is 14.6. The van der Waals surface area contributed by atoms with Gasteiger partial charge in [0.2, 0.25) is 5.91 Å². The van der Waals surface area contributed by atoms with Crippen molar-refractivity contribution in [1.82, 2.24) is 15.1 Å². The number of amides is 1. The minimum atomic E-state index is -0.513. The average molecular weight is 392 g/mol. The van der Waals surface area contributed by atoms with E-state index < -0.39 is 10.5 Å². The maximum absolute atomic E-state index is 12.6. The van der Waals surface area contributed by atoms with Crippen molar-refractivity contribution >= 4 is 28.9 Å². The molecule has 2 heterocycles. The maximum atomic E-state index is 12.6. The van der Waals surface area contributed by atoms with Crippen molar-refractivity contribution in [2.75, 3.05) is 18.0 Å². The van der Waals surface area contributed by atoms with Gasteiger partial charge >= 0.3 is 0 Å². The molecule has 0 aliphatic carbocycles. The summed E-state index contributed by atoms with van der Waals surface area (Å²) in [5.41, 5.74) is 0.369. The molecule has 0 spiro atoms. The molecule has 0 atom stereocenters. The Bertz CT molecular complexity index is 920. The molecule has 1 aliphatic heterocycles. The normalized spacial score (nSPS) is 14.8. The summed E-state index contributed by atoms with van der Waals surface area (Å²) in [5, 5.41) is 17.8. The second-order valence-electron chi connectivity index (χ2n) is 6.30.